The van der Waals surface area contributed by atoms with Crippen molar-refractivity contribution >= 4 is 23.6 Å². The van der Waals surface area contributed by atoms with E-state index in [9.17, 15) is 9.59 Å². The Morgan fingerprint density at radius 3 is 2.54 bits per heavy atom. The fourth-order valence-corrected chi connectivity index (χ4v) is 5.15. The van der Waals surface area contributed by atoms with Gasteiger partial charge in [-0.05, 0) is 42.4 Å². The summed E-state index contributed by atoms with van der Waals surface area (Å²) in [7, 11) is 0. The lowest BCUT2D eigenvalue weighted by Gasteiger charge is -2.31. The Labute approximate surface area is 209 Å². The smallest absolute Gasteiger partial charge is 0.274 e. The van der Waals surface area contributed by atoms with E-state index in [4.69, 9.17) is 4.74 Å². The zero-order valence-electron chi connectivity index (χ0n) is 19.9. The number of piperidine rings is 1. The highest BCUT2D eigenvalue weighted by Crippen LogP contribution is 2.29. The molecular formula is C27H30N4O3S. The molecule has 0 spiro atoms. The number of fused-ring (bicyclic) bond motifs is 1. The van der Waals surface area contributed by atoms with Crippen LogP contribution in [0, 0.1) is 5.92 Å². The van der Waals surface area contributed by atoms with E-state index in [0.717, 1.165) is 16.8 Å². The van der Waals surface area contributed by atoms with Gasteiger partial charge in [-0.25, -0.2) is 4.98 Å². The van der Waals surface area contributed by atoms with E-state index < -0.39 is 0 Å². The average molecular weight is 491 g/mol. The number of aromatic nitrogens is 2. The van der Waals surface area contributed by atoms with Gasteiger partial charge >= 0.3 is 0 Å². The number of thioether (sulfide) groups is 1. The summed E-state index contributed by atoms with van der Waals surface area (Å²) in [6, 6.07) is 18.3. The standard InChI is InChI=1S/C27H30N4O3S/c1-35-22-9-7-19(8-10-22)15-28-26(32)21-11-13-30(14-12-21)27(33)25-23-17-34-24(16-31(23)18-29-25)20-5-3-2-4-6-20/h2-10,18,21,24H,11-17H2,1H3,(H,28,32)/t24-/m0/s1. The van der Waals surface area contributed by atoms with Crippen LogP contribution < -0.4 is 5.32 Å². The summed E-state index contributed by atoms with van der Waals surface area (Å²) in [5.41, 5.74) is 3.50. The summed E-state index contributed by atoms with van der Waals surface area (Å²) in [5.74, 6) is -0.0885. The summed E-state index contributed by atoms with van der Waals surface area (Å²) in [6.07, 6.45) is 5.06. The quantitative estimate of drug-likeness (QED) is 0.528. The number of carbonyl (C=O) groups excluding carboxylic acids is 2. The molecule has 3 heterocycles. The number of hydrogen-bond donors (Lipinski definition) is 1. The van der Waals surface area contributed by atoms with Crippen LogP contribution in [0.4, 0.5) is 0 Å². The predicted octanol–water partition coefficient (Wildman–Crippen LogP) is 4.05. The summed E-state index contributed by atoms with van der Waals surface area (Å²) >= 11 is 1.70. The number of hydrogen-bond acceptors (Lipinski definition) is 5. The molecule has 1 N–H and O–H groups in total. The molecule has 2 aliphatic rings. The first-order valence-electron chi connectivity index (χ1n) is 12.0. The van der Waals surface area contributed by atoms with Gasteiger partial charge in [0.15, 0.2) is 5.69 Å². The lowest BCUT2D eigenvalue weighted by Crippen LogP contribution is -2.43. The van der Waals surface area contributed by atoms with E-state index in [1.165, 1.54) is 4.90 Å². The Morgan fingerprint density at radius 2 is 1.83 bits per heavy atom. The maximum Gasteiger partial charge on any atom is 0.274 e. The number of carbonyl (C=O) groups is 2. The summed E-state index contributed by atoms with van der Waals surface area (Å²) in [4.78, 5) is 33.4. The van der Waals surface area contributed by atoms with Crippen LogP contribution in [0.2, 0.25) is 0 Å². The van der Waals surface area contributed by atoms with Gasteiger partial charge in [-0.15, -0.1) is 11.8 Å². The van der Waals surface area contributed by atoms with Gasteiger partial charge < -0.3 is 19.5 Å². The summed E-state index contributed by atoms with van der Waals surface area (Å²) < 4.78 is 8.09. The molecule has 182 valence electrons. The molecule has 2 aromatic carbocycles. The van der Waals surface area contributed by atoms with E-state index in [1.54, 1.807) is 18.1 Å². The zero-order valence-corrected chi connectivity index (χ0v) is 20.7. The second-order valence-electron chi connectivity index (χ2n) is 9.03. The minimum absolute atomic E-state index is 0.0430. The molecule has 1 atom stereocenters. The Kier molecular flexibility index (Phi) is 7.20. The topological polar surface area (TPSA) is 76.5 Å². The molecule has 35 heavy (non-hydrogen) atoms. The Bertz CT molecular complexity index is 1170. The molecule has 3 aromatic rings. The Balaban J connectivity index is 1.13. The summed E-state index contributed by atoms with van der Waals surface area (Å²) in [5, 5.41) is 3.05. The molecule has 8 heteroatoms. The van der Waals surface area contributed by atoms with Crippen LogP contribution in [-0.4, -0.2) is 45.6 Å². The average Bonchev–Trinajstić information content (AvgIpc) is 3.35. The predicted molar refractivity (Wildman–Crippen MR) is 135 cm³/mol. The monoisotopic (exact) mass is 490 g/mol. The molecule has 0 saturated carbocycles. The molecule has 1 aromatic heterocycles. The fourth-order valence-electron chi connectivity index (χ4n) is 4.75. The normalized spacial score (nSPS) is 18.2. The Hall–Kier alpha value is -3.10. The molecule has 7 nitrogen and oxygen atoms in total. The van der Waals surface area contributed by atoms with Gasteiger partial charge in [-0.2, -0.15) is 0 Å². The molecule has 0 radical (unpaired) electrons. The number of ether oxygens (including phenoxy) is 1. The Morgan fingerprint density at radius 1 is 1.09 bits per heavy atom. The first kappa shape index (κ1) is 23.6. The largest absolute Gasteiger partial charge is 0.365 e. The highest BCUT2D eigenvalue weighted by Gasteiger charge is 2.32. The number of rotatable bonds is 6. The number of imidazole rings is 1. The van der Waals surface area contributed by atoms with Crippen LogP contribution >= 0.6 is 11.8 Å². The van der Waals surface area contributed by atoms with Crippen LogP contribution in [0.15, 0.2) is 65.8 Å². The number of nitrogens with one attached hydrogen (secondary N) is 1. The molecule has 5 rings (SSSR count). The van der Waals surface area contributed by atoms with Crippen LogP contribution in [-0.2, 0) is 29.2 Å². The van der Waals surface area contributed by atoms with Crippen molar-refractivity contribution in [2.24, 2.45) is 5.92 Å². The van der Waals surface area contributed by atoms with Gasteiger partial charge in [0.2, 0.25) is 5.91 Å². The second-order valence-corrected chi connectivity index (χ2v) is 9.91. The highest BCUT2D eigenvalue weighted by molar-refractivity contribution is 7.98. The minimum atomic E-state index is -0.0757. The lowest BCUT2D eigenvalue weighted by atomic mass is 9.95. The van der Waals surface area contributed by atoms with E-state index in [1.807, 2.05) is 46.1 Å². The third kappa shape index (κ3) is 5.28. The van der Waals surface area contributed by atoms with Crippen LogP contribution in [0.3, 0.4) is 0 Å². The van der Waals surface area contributed by atoms with Crippen molar-refractivity contribution in [3.8, 4) is 0 Å². The first-order chi connectivity index (χ1) is 17.1. The van der Waals surface area contributed by atoms with Crippen LogP contribution in [0.1, 0.15) is 46.3 Å². The second kappa shape index (κ2) is 10.7. The van der Waals surface area contributed by atoms with Crippen LogP contribution in [0.25, 0.3) is 0 Å². The minimum Gasteiger partial charge on any atom is -0.365 e. The SMILES string of the molecule is CSc1ccc(CNC(=O)C2CCN(C(=O)c3ncn4c3CO[C@H](c3ccccc3)C4)CC2)cc1. The molecule has 0 unspecified atom stereocenters. The van der Waals surface area contributed by atoms with Gasteiger partial charge in [0.25, 0.3) is 5.91 Å². The number of likely N-dealkylation sites (tertiary alicyclic amines) is 1. The molecule has 1 saturated heterocycles. The molecule has 2 aliphatic heterocycles. The fraction of sp³-hybridized carbons (Fsp3) is 0.370. The van der Waals surface area contributed by atoms with E-state index >= 15 is 0 Å². The third-order valence-electron chi connectivity index (χ3n) is 6.88. The van der Waals surface area contributed by atoms with E-state index in [0.29, 0.717) is 51.3 Å². The van der Waals surface area contributed by atoms with Crippen molar-refractivity contribution in [1.29, 1.82) is 0 Å². The number of nitrogens with zero attached hydrogens (tertiary/aromatic N) is 3. The third-order valence-corrected chi connectivity index (χ3v) is 7.63. The van der Waals surface area contributed by atoms with Gasteiger partial charge in [0.1, 0.15) is 6.10 Å². The highest BCUT2D eigenvalue weighted by atomic mass is 32.2. The molecule has 1 fully saturated rings. The number of amides is 2. The number of benzene rings is 2. The van der Waals surface area contributed by atoms with E-state index in [2.05, 4.69) is 34.6 Å². The van der Waals surface area contributed by atoms with Gasteiger partial charge in [-0.3, -0.25) is 9.59 Å². The maximum absolute atomic E-state index is 13.2. The van der Waals surface area contributed by atoms with Gasteiger partial charge in [0.05, 0.1) is 25.2 Å². The molecule has 0 aliphatic carbocycles. The van der Waals surface area contributed by atoms with Crippen LogP contribution in [0.5, 0.6) is 0 Å². The molecule has 0 bridgehead atoms. The van der Waals surface area contributed by atoms with Crippen molar-refractivity contribution < 1.29 is 14.3 Å². The van der Waals surface area contributed by atoms with Gasteiger partial charge in [0, 0.05) is 30.4 Å². The maximum atomic E-state index is 13.2. The lowest BCUT2D eigenvalue weighted by molar-refractivity contribution is -0.126. The van der Waals surface area contributed by atoms with Crippen molar-refractivity contribution in [3.63, 3.8) is 0 Å². The van der Waals surface area contributed by atoms with Crippen molar-refractivity contribution in [2.45, 2.75) is 43.5 Å². The van der Waals surface area contributed by atoms with Gasteiger partial charge in [-0.1, -0.05) is 42.5 Å². The van der Waals surface area contributed by atoms with Crippen molar-refractivity contribution in [2.75, 3.05) is 19.3 Å². The molecular weight excluding hydrogens is 460 g/mol. The first-order valence-corrected chi connectivity index (χ1v) is 13.3. The van der Waals surface area contributed by atoms with Crippen molar-refractivity contribution in [3.05, 3.63) is 83.4 Å². The van der Waals surface area contributed by atoms with Crippen molar-refractivity contribution in [1.82, 2.24) is 19.8 Å². The van der Waals surface area contributed by atoms with E-state index in [-0.39, 0.29) is 23.8 Å². The zero-order chi connectivity index (χ0) is 24.2. The summed E-state index contributed by atoms with van der Waals surface area (Å²) in [6.45, 7) is 2.63. The molecule has 2 amide bonds.